The van der Waals surface area contributed by atoms with Crippen LogP contribution in [0.5, 0.6) is 5.75 Å². The Morgan fingerprint density at radius 1 is 1.42 bits per heavy atom. The number of rotatable bonds is 0. The maximum Gasteiger partial charge on any atom is 0.152 e. The lowest BCUT2D eigenvalue weighted by Crippen LogP contribution is -1.75. The SMILES string of the molecule is N#CC#Cc1cc(Cl)ccc1O. The van der Waals surface area contributed by atoms with E-state index in [1.165, 1.54) is 12.1 Å². The summed E-state index contributed by atoms with van der Waals surface area (Å²) in [6.07, 6.45) is 0. The molecule has 0 atom stereocenters. The van der Waals surface area contributed by atoms with Gasteiger partial charge < -0.3 is 5.11 Å². The van der Waals surface area contributed by atoms with Crippen LogP contribution < -0.4 is 0 Å². The summed E-state index contributed by atoms with van der Waals surface area (Å²) in [5, 5.41) is 17.8. The highest BCUT2D eigenvalue weighted by atomic mass is 35.5. The van der Waals surface area contributed by atoms with Gasteiger partial charge in [0.1, 0.15) is 5.75 Å². The van der Waals surface area contributed by atoms with E-state index in [1.54, 1.807) is 12.1 Å². The number of nitrogens with zero attached hydrogens (tertiary/aromatic N) is 1. The summed E-state index contributed by atoms with van der Waals surface area (Å²) in [4.78, 5) is 0. The van der Waals surface area contributed by atoms with Crippen LogP contribution in [0.2, 0.25) is 5.02 Å². The first-order valence-corrected chi connectivity index (χ1v) is 3.50. The fourth-order valence-electron chi connectivity index (χ4n) is 0.704. The molecule has 0 aliphatic heterocycles. The maximum absolute atomic E-state index is 9.19. The Balaban J connectivity index is 3.16. The summed E-state index contributed by atoms with van der Waals surface area (Å²) in [5.41, 5.74) is 0.365. The molecule has 0 unspecified atom stereocenters. The second-order valence-electron chi connectivity index (χ2n) is 2.02. The molecule has 1 aromatic rings. The van der Waals surface area contributed by atoms with Gasteiger partial charge in [-0.3, -0.25) is 0 Å². The lowest BCUT2D eigenvalue weighted by Gasteiger charge is -1.95. The molecule has 1 N–H and O–H groups in total. The molecule has 58 valence electrons. The molecule has 0 heterocycles. The monoisotopic (exact) mass is 177 g/mol. The molecule has 3 heteroatoms. The Labute approximate surface area is 75.0 Å². The van der Waals surface area contributed by atoms with Crippen molar-refractivity contribution in [2.24, 2.45) is 0 Å². The second kappa shape index (κ2) is 3.67. The Bertz CT molecular complexity index is 395. The molecule has 0 amide bonds. The van der Waals surface area contributed by atoms with Gasteiger partial charge in [0, 0.05) is 10.9 Å². The summed E-state index contributed by atoms with van der Waals surface area (Å²) in [7, 11) is 0. The summed E-state index contributed by atoms with van der Waals surface area (Å²) < 4.78 is 0. The molecule has 2 nitrogen and oxygen atoms in total. The average molecular weight is 178 g/mol. The van der Waals surface area contributed by atoms with Gasteiger partial charge in [0.05, 0.1) is 5.56 Å². The van der Waals surface area contributed by atoms with Gasteiger partial charge in [-0.05, 0) is 24.1 Å². The normalized spacial score (nSPS) is 8.00. The van der Waals surface area contributed by atoms with Gasteiger partial charge in [0.25, 0.3) is 0 Å². The van der Waals surface area contributed by atoms with Crippen LogP contribution in [-0.2, 0) is 0 Å². The Morgan fingerprint density at radius 3 is 2.83 bits per heavy atom. The molecule has 0 aliphatic rings. The first-order chi connectivity index (χ1) is 5.74. The summed E-state index contributed by atoms with van der Waals surface area (Å²) in [5.74, 6) is 4.66. The third-order valence-electron chi connectivity index (χ3n) is 1.21. The van der Waals surface area contributed by atoms with Crippen molar-refractivity contribution in [3.05, 3.63) is 28.8 Å². The summed E-state index contributed by atoms with van der Waals surface area (Å²) in [6, 6.07) is 6.13. The van der Waals surface area contributed by atoms with Crippen LogP contribution in [0.4, 0.5) is 0 Å². The zero-order valence-corrected chi connectivity index (χ0v) is 6.76. The van der Waals surface area contributed by atoms with E-state index in [1.807, 2.05) is 0 Å². The lowest BCUT2D eigenvalue weighted by molar-refractivity contribution is 0.474. The van der Waals surface area contributed by atoms with Gasteiger partial charge in [0.15, 0.2) is 6.07 Å². The molecule has 12 heavy (non-hydrogen) atoms. The predicted octanol–water partition coefficient (Wildman–Crippen LogP) is 1.92. The van der Waals surface area contributed by atoms with Crippen LogP contribution in [0.1, 0.15) is 5.56 Å². The van der Waals surface area contributed by atoms with Crippen molar-refractivity contribution in [3.63, 3.8) is 0 Å². The minimum absolute atomic E-state index is 0.0298. The van der Waals surface area contributed by atoms with Gasteiger partial charge in [-0.25, -0.2) is 0 Å². The van der Waals surface area contributed by atoms with Crippen LogP contribution in [-0.4, -0.2) is 5.11 Å². The van der Waals surface area contributed by atoms with Crippen LogP contribution in [0.25, 0.3) is 0 Å². The molecule has 0 aliphatic carbocycles. The fourth-order valence-corrected chi connectivity index (χ4v) is 0.876. The fraction of sp³-hybridized carbons (Fsp3) is 0. The summed E-state index contributed by atoms with van der Waals surface area (Å²) >= 11 is 5.63. The van der Waals surface area contributed by atoms with Gasteiger partial charge in [-0.2, -0.15) is 5.26 Å². The zero-order valence-electron chi connectivity index (χ0n) is 6.00. The third-order valence-corrected chi connectivity index (χ3v) is 1.45. The number of phenolic OH excluding ortho intramolecular Hbond substituents is 1. The Hall–Kier alpha value is -1.64. The van der Waals surface area contributed by atoms with Crippen molar-refractivity contribution >= 4 is 11.6 Å². The summed E-state index contributed by atoms with van der Waals surface area (Å²) in [6.45, 7) is 0. The van der Waals surface area contributed by atoms with Crippen molar-refractivity contribution in [1.82, 2.24) is 0 Å². The topological polar surface area (TPSA) is 44.0 Å². The zero-order chi connectivity index (χ0) is 8.97. The van der Waals surface area contributed by atoms with E-state index in [0.29, 0.717) is 10.6 Å². The van der Waals surface area contributed by atoms with E-state index in [2.05, 4.69) is 11.8 Å². The smallest absolute Gasteiger partial charge is 0.152 e. The number of aromatic hydroxyl groups is 1. The maximum atomic E-state index is 9.19. The Kier molecular flexibility index (Phi) is 2.58. The van der Waals surface area contributed by atoms with Crippen molar-refractivity contribution < 1.29 is 5.11 Å². The van der Waals surface area contributed by atoms with Crippen LogP contribution in [0, 0.1) is 23.2 Å². The standard InChI is InChI=1S/C9H4ClNO/c10-8-3-4-9(12)7(6-8)2-1-5-11/h3-4,6,12H. The number of phenols is 1. The first-order valence-electron chi connectivity index (χ1n) is 3.12. The van der Waals surface area contributed by atoms with E-state index in [0.717, 1.165) is 0 Å². The molecular weight excluding hydrogens is 174 g/mol. The molecule has 1 rings (SSSR count). The van der Waals surface area contributed by atoms with E-state index in [4.69, 9.17) is 16.9 Å². The Morgan fingerprint density at radius 2 is 2.17 bits per heavy atom. The molecule has 0 radical (unpaired) electrons. The number of nitriles is 1. The van der Waals surface area contributed by atoms with Gasteiger partial charge in [-0.15, -0.1) is 0 Å². The molecular formula is C9H4ClNO. The number of hydrogen-bond donors (Lipinski definition) is 1. The van der Waals surface area contributed by atoms with Crippen molar-refractivity contribution in [3.8, 4) is 23.7 Å². The van der Waals surface area contributed by atoms with Crippen molar-refractivity contribution in [2.75, 3.05) is 0 Å². The molecule has 0 spiro atoms. The highest BCUT2D eigenvalue weighted by Gasteiger charge is 1.97. The second-order valence-corrected chi connectivity index (χ2v) is 2.46. The molecule has 0 saturated carbocycles. The van der Waals surface area contributed by atoms with Crippen LogP contribution in [0.3, 0.4) is 0 Å². The molecule has 0 fully saturated rings. The van der Waals surface area contributed by atoms with Crippen molar-refractivity contribution in [2.45, 2.75) is 0 Å². The van der Waals surface area contributed by atoms with E-state index in [9.17, 15) is 5.11 Å². The van der Waals surface area contributed by atoms with Gasteiger partial charge in [0.2, 0.25) is 0 Å². The highest BCUT2D eigenvalue weighted by molar-refractivity contribution is 6.30. The van der Waals surface area contributed by atoms with Gasteiger partial charge in [-0.1, -0.05) is 11.6 Å². The molecule has 0 aromatic heterocycles. The highest BCUT2D eigenvalue weighted by Crippen LogP contribution is 2.19. The number of benzene rings is 1. The van der Waals surface area contributed by atoms with E-state index in [-0.39, 0.29) is 5.75 Å². The lowest BCUT2D eigenvalue weighted by atomic mass is 10.2. The number of halogens is 1. The average Bonchev–Trinajstić information content (AvgIpc) is 2.07. The molecule has 1 aromatic carbocycles. The third kappa shape index (κ3) is 1.92. The van der Waals surface area contributed by atoms with Crippen LogP contribution in [0.15, 0.2) is 18.2 Å². The van der Waals surface area contributed by atoms with Gasteiger partial charge >= 0.3 is 0 Å². The minimum atomic E-state index is 0.0298. The minimum Gasteiger partial charge on any atom is -0.507 e. The molecule has 0 bridgehead atoms. The molecule has 0 saturated heterocycles. The quantitative estimate of drug-likeness (QED) is 0.616. The first kappa shape index (κ1) is 8.46. The largest absolute Gasteiger partial charge is 0.507 e. The van der Waals surface area contributed by atoms with Crippen LogP contribution >= 0.6 is 11.6 Å². The predicted molar refractivity (Wildman–Crippen MR) is 45.6 cm³/mol. The number of hydrogen-bond acceptors (Lipinski definition) is 2. The van der Waals surface area contributed by atoms with Crippen molar-refractivity contribution in [1.29, 1.82) is 5.26 Å². The van der Waals surface area contributed by atoms with E-state index < -0.39 is 0 Å². The van der Waals surface area contributed by atoms with E-state index >= 15 is 0 Å².